The second-order valence-electron chi connectivity index (χ2n) is 8.79. The van der Waals surface area contributed by atoms with Crippen LogP contribution in [0.25, 0.3) is 11.4 Å². The van der Waals surface area contributed by atoms with E-state index in [9.17, 15) is 14.7 Å². The van der Waals surface area contributed by atoms with Gasteiger partial charge in [0.1, 0.15) is 17.3 Å². The van der Waals surface area contributed by atoms with E-state index >= 15 is 0 Å². The Morgan fingerprint density at radius 3 is 2.44 bits per heavy atom. The molecule has 1 amide bonds. The maximum atomic E-state index is 13.4. The van der Waals surface area contributed by atoms with Crippen molar-refractivity contribution in [3.8, 4) is 17.2 Å². The summed E-state index contributed by atoms with van der Waals surface area (Å²) in [5.74, 6) is -0.707. The van der Waals surface area contributed by atoms with Crippen molar-refractivity contribution in [2.45, 2.75) is 13.0 Å². The molecular weight excluding hydrogens is 460 g/mol. The first-order valence-corrected chi connectivity index (χ1v) is 11.5. The molecule has 1 atom stereocenters. The van der Waals surface area contributed by atoms with E-state index in [-0.39, 0.29) is 17.9 Å². The number of ketones is 1. The zero-order valence-electron chi connectivity index (χ0n) is 21.1. The molecule has 1 saturated heterocycles. The number of likely N-dealkylation sites (N-methyl/N-ethyl adjacent to an activating group) is 1. The number of Topliss-reactive ketones (excluding diaryl/α,β-unsaturated/α-hetero) is 1. The maximum Gasteiger partial charge on any atom is 0.295 e. The van der Waals surface area contributed by atoms with E-state index in [4.69, 9.17) is 9.47 Å². The summed E-state index contributed by atoms with van der Waals surface area (Å²) in [5, 5.41) is 15.9. The van der Waals surface area contributed by atoms with Crippen molar-refractivity contribution in [2.75, 3.05) is 41.4 Å². The van der Waals surface area contributed by atoms with Gasteiger partial charge in [-0.05, 0) is 51.4 Å². The zero-order chi connectivity index (χ0) is 26.0. The van der Waals surface area contributed by atoms with Crippen LogP contribution in [0.4, 0.5) is 0 Å². The quantitative estimate of drug-likeness (QED) is 0.294. The Bertz CT molecular complexity index is 1310. The van der Waals surface area contributed by atoms with Crippen molar-refractivity contribution in [3.63, 3.8) is 0 Å². The van der Waals surface area contributed by atoms with E-state index in [1.54, 1.807) is 29.8 Å². The third-order valence-electron chi connectivity index (χ3n) is 6.33. The Morgan fingerprint density at radius 2 is 1.81 bits per heavy atom. The number of aliphatic hydroxyl groups is 1. The normalized spacial score (nSPS) is 17.2. The highest BCUT2D eigenvalue weighted by molar-refractivity contribution is 6.46. The number of benzene rings is 2. The summed E-state index contributed by atoms with van der Waals surface area (Å²) in [6.45, 7) is 2.61. The van der Waals surface area contributed by atoms with Crippen LogP contribution in [0.5, 0.6) is 11.5 Å². The maximum absolute atomic E-state index is 13.4. The lowest BCUT2D eigenvalue weighted by atomic mass is 9.94. The SMILES string of the molecule is COc1ccc(OC)c([C@H]2/C(=C(\O)c3cnn(-c4ccccc4)c3C)C(=O)C(=O)N2CCN(C)C)c1. The Hall–Kier alpha value is -4.11. The zero-order valence-corrected chi connectivity index (χ0v) is 21.1. The highest BCUT2D eigenvalue weighted by Gasteiger charge is 2.47. The van der Waals surface area contributed by atoms with E-state index in [1.807, 2.05) is 49.3 Å². The van der Waals surface area contributed by atoms with Gasteiger partial charge < -0.3 is 24.4 Å². The van der Waals surface area contributed by atoms with Gasteiger partial charge in [-0.2, -0.15) is 5.10 Å². The highest BCUT2D eigenvalue weighted by Crippen LogP contribution is 2.44. The topological polar surface area (TPSA) is 97.1 Å². The van der Waals surface area contributed by atoms with Gasteiger partial charge in [-0.1, -0.05) is 18.2 Å². The van der Waals surface area contributed by atoms with E-state index in [0.717, 1.165) is 5.69 Å². The summed E-state index contributed by atoms with van der Waals surface area (Å²) < 4.78 is 12.7. The summed E-state index contributed by atoms with van der Waals surface area (Å²) in [4.78, 5) is 30.0. The van der Waals surface area contributed by atoms with Crippen LogP contribution in [0, 0.1) is 6.92 Å². The summed E-state index contributed by atoms with van der Waals surface area (Å²) in [6, 6.07) is 13.8. The Labute approximate surface area is 210 Å². The standard InChI is InChI=1S/C27H30N4O5/c1-17-21(16-28-31(17)18-9-7-6-8-10-18)25(32)23-24(20-15-19(35-4)11-12-22(20)36-5)30(14-13-29(2)3)27(34)26(23)33/h6-12,15-16,24,32H,13-14H2,1-5H3/b25-23+/t24-/m0/s1. The largest absolute Gasteiger partial charge is 0.507 e. The van der Waals surface area contributed by atoms with Gasteiger partial charge in [0.15, 0.2) is 0 Å². The number of amides is 1. The molecule has 2 heterocycles. The number of carbonyl (C=O) groups excluding carboxylic acids is 2. The Kier molecular flexibility index (Phi) is 7.12. The molecule has 9 heteroatoms. The van der Waals surface area contributed by atoms with Crippen molar-refractivity contribution in [1.29, 1.82) is 0 Å². The first kappa shape index (κ1) is 25.0. The van der Waals surface area contributed by atoms with Gasteiger partial charge >= 0.3 is 0 Å². The number of methoxy groups -OCH3 is 2. The van der Waals surface area contributed by atoms with Crippen LogP contribution in [0.15, 0.2) is 60.3 Å². The lowest BCUT2D eigenvalue weighted by Gasteiger charge is -2.27. The van der Waals surface area contributed by atoms with E-state index in [2.05, 4.69) is 5.10 Å². The summed E-state index contributed by atoms with van der Waals surface area (Å²) in [5.41, 5.74) is 2.35. The number of rotatable bonds is 8. The van der Waals surface area contributed by atoms with E-state index in [1.165, 1.54) is 25.3 Å². The molecule has 4 rings (SSSR count). The van der Waals surface area contributed by atoms with Crippen molar-refractivity contribution in [1.82, 2.24) is 19.6 Å². The van der Waals surface area contributed by atoms with Crippen LogP contribution in [-0.4, -0.2) is 77.8 Å². The number of nitrogens with zero attached hydrogens (tertiary/aromatic N) is 4. The summed E-state index contributed by atoms with van der Waals surface area (Å²) >= 11 is 0. The molecule has 9 nitrogen and oxygen atoms in total. The fourth-order valence-electron chi connectivity index (χ4n) is 4.41. The van der Waals surface area contributed by atoms with Gasteiger partial charge in [0.2, 0.25) is 0 Å². The smallest absolute Gasteiger partial charge is 0.295 e. The molecule has 0 radical (unpaired) electrons. The van der Waals surface area contributed by atoms with E-state index < -0.39 is 17.7 Å². The van der Waals surface area contributed by atoms with Gasteiger partial charge in [0, 0.05) is 18.7 Å². The second-order valence-corrected chi connectivity index (χ2v) is 8.79. The molecular formula is C27H30N4O5. The molecule has 36 heavy (non-hydrogen) atoms. The van der Waals surface area contributed by atoms with Crippen molar-refractivity contribution in [2.24, 2.45) is 0 Å². The third kappa shape index (κ3) is 4.45. The molecule has 1 aliphatic rings. The van der Waals surface area contributed by atoms with Crippen LogP contribution in [-0.2, 0) is 9.59 Å². The highest BCUT2D eigenvalue weighted by atomic mass is 16.5. The lowest BCUT2D eigenvalue weighted by molar-refractivity contribution is -0.140. The van der Waals surface area contributed by atoms with Crippen LogP contribution >= 0.6 is 0 Å². The number of para-hydroxylation sites is 1. The predicted octanol–water partition coefficient (Wildman–Crippen LogP) is 3.18. The lowest BCUT2D eigenvalue weighted by Crippen LogP contribution is -2.35. The molecule has 1 N–H and O–H groups in total. The Morgan fingerprint density at radius 1 is 1.08 bits per heavy atom. The van der Waals surface area contributed by atoms with Crippen molar-refractivity contribution in [3.05, 3.63) is 77.1 Å². The number of aromatic nitrogens is 2. The average molecular weight is 491 g/mol. The number of carbonyl (C=O) groups is 2. The van der Waals surface area contributed by atoms with Gasteiger partial charge in [-0.3, -0.25) is 9.59 Å². The number of aliphatic hydroxyl groups excluding tert-OH is 1. The first-order chi connectivity index (χ1) is 17.3. The van der Waals surface area contributed by atoms with E-state index in [0.29, 0.717) is 34.9 Å². The minimum absolute atomic E-state index is 0.0129. The minimum atomic E-state index is -0.866. The Balaban J connectivity index is 1.91. The van der Waals surface area contributed by atoms with Gasteiger partial charge in [0.05, 0.1) is 49.0 Å². The van der Waals surface area contributed by atoms with Crippen LogP contribution in [0.2, 0.25) is 0 Å². The molecule has 1 aliphatic heterocycles. The van der Waals surface area contributed by atoms with Crippen LogP contribution < -0.4 is 9.47 Å². The fourth-order valence-corrected chi connectivity index (χ4v) is 4.41. The number of hydrogen-bond acceptors (Lipinski definition) is 7. The molecule has 1 fully saturated rings. The summed E-state index contributed by atoms with van der Waals surface area (Å²) in [6.07, 6.45) is 1.50. The average Bonchev–Trinajstić information content (AvgIpc) is 3.39. The second kappa shape index (κ2) is 10.2. The number of ether oxygens (including phenoxy) is 2. The predicted molar refractivity (Wildman–Crippen MR) is 135 cm³/mol. The monoisotopic (exact) mass is 490 g/mol. The molecule has 2 aromatic carbocycles. The molecule has 0 unspecified atom stereocenters. The van der Waals surface area contributed by atoms with Gasteiger partial charge in [-0.25, -0.2) is 4.68 Å². The van der Waals surface area contributed by atoms with Gasteiger partial charge in [-0.15, -0.1) is 0 Å². The molecule has 0 aliphatic carbocycles. The molecule has 1 aromatic heterocycles. The molecule has 3 aromatic rings. The number of hydrogen-bond donors (Lipinski definition) is 1. The molecule has 0 spiro atoms. The van der Waals surface area contributed by atoms with Crippen molar-refractivity contribution < 1.29 is 24.2 Å². The number of likely N-dealkylation sites (tertiary alicyclic amines) is 1. The van der Waals surface area contributed by atoms with Gasteiger partial charge in [0.25, 0.3) is 11.7 Å². The molecule has 188 valence electrons. The first-order valence-electron chi connectivity index (χ1n) is 11.5. The molecule has 0 bridgehead atoms. The fraction of sp³-hybridized carbons (Fsp3) is 0.296. The summed E-state index contributed by atoms with van der Waals surface area (Å²) in [7, 11) is 6.83. The third-order valence-corrected chi connectivity index (χ3v) is 6.33. The van der Waals surface area contributed by atoms with Crippen molar-refractivity contribution >= 4 is 17.4 Å². The molecule has 0 saturated carbocycles. The van der Waals surface area contributed by atoms with Crippen LogP contribution in [0.1, 0.15) is 22.9 Å². The van der Waals surface area contributed by atoms with Crippen LogP contribution in [0.3, 0.4) is 0 Å². The minimum Gasteiger partial charge on any atom is -0.507 e.